The van der Waals surface area contributed by atoms with Gasteiger partial charge in [-0.15, -0.1) is 0 Å². The van der Waals surface area contributed by atoms with Gasteiger partial charge in [0.25, 0.3) is 0 Å². The van der Waals surface area contributed by atoms with Crippen molar-refractivity contribution in [1.82, 2.24) is 29.9 Å². The summed E-state index contributed by atoms with van der Waals surface area (Å²) in [6.45, 7) is 7.92. The number of nitrogens with zero attached hydrogens (tertiary/aromatic N) is 6. The van der Waals surface area contributed by atoms with Crippen LogP contribution in [0.2, 0.25) is 0 Å². The minimum atomic E-state index is 0.0509. The first-order valence-electron chi connectivity index (χ1n) is 16.7. The van der Waals surface area contributed by atoms with Gasteiger partial charge >= 0.3 is 0 Å². The molecule has 7 aromatic rings. The number of pyridine rings is 4. The van der Waals surface area contributed by atoms with Crippen molar-refractivity contribution in [3.05, 3.63) is 177 Å². The molecule has 4 N–H and O–H groups in total. The first-order valence-corrected chi connectivity index (χ1v) is 18.3. The van der Waals surface area contributed by atoms with E-state index in [9.17, 15) is 0 Å². The maximum Gasteiger partial charge on any atom is 0.133 e. The lowest BCUT2D eigenvalue weighted by Gasteiger charge is -2.01. The van der Waals surface area contributed by atoms with Gasteiger partial charge in [0.05, 0.1) is 34.2 Å². The number of hydrogen-bond acceptors (Lipinski definition) is 10. The highest BCUT2D eigenvalue weighted by Gasteiger charge is 2.01. The van der Waals surface area contributed by atoms with Gasteiger partial charge in [0.1, 0.15) is 31.9 Å². The maximum atomic E-state index is 8.89. The third-order valence-electron chi connectivity index (χ3n) is 7.43. The first kappa shape index (κ1) is 42.7. The van der Waals surface area contributed by atoms with E-state index in [0.717, 1.165) is 47.0 Å². The SMILES string of the molecule is Cc1nc(C)c(C)nc1C.Oc1cccc(O)c1Br.Oc1cccc(O)c1Br.c1cc(CCc2ccncc2)ccn1.c1ccc(-c2ccccn2)nc1. The van der Waals surface area contributed by atoms with Gasteiger partial charge in [-0.3, -0.25) is 29.9 Å². The summed E-state index contributed by atoms with van der Waals surface area (Å²) >= 11 is 5.96. The topological polar surface area (TPSA) is 158 Å². The van der Waals surface area contributed by atoms with Gasteiger partial charge < -0.3 is 20.4 Å². The van der Waals surface area contributed by atoms with Crippen LogP contribution in [0.15, 0.2) is 143 Å². The monoisotopic (exact) mass is 852 g/mol. The minimum absolute atomic E-state index is 0.0509. The van der Waals surface area contributed by atoms with Gasteiger partial charge in [0.15, 0.2) is 0 Å². The number of hydrogen-bond donors (Lipinski definition) is 4. The fraction of sp³-hybridized carbons (Fsp3) is 0.143. The highest BCUT2D eigenvalue weighted by atomic mass is 79.9. The van der Waals surface area contributed by atoms with Crippen LogP contribution >= 0.6 is 31.9 Å². The van der Waals surface area contributed by atoms with Gasteiger partial charge in [-0.05, 0) is 156 Å². The summed E-state index contributed by atoms with van der Waals surface area (Å²) < 4.78 is 0.676. The number of phenols is 4. The number of aromatic nitrogens is 6. The molecule has 0 saturated heterocycles. The second-order valence-corrected chi connectivity index (χ2v) is 13.0. The molecule has 5 heterocycles. The van der Waals surface area contributed by atoms with Gasteiger partial charge in [-0.25, -0.2) is 0 Å². The lowest BCUT2D eigenvalue weighted by atomic mass is 10.1. The zero-order chi connectivity index (χ0) is 39.3. The van der Waals surface area contributed by atoms with E-state index in [1.165, 1.54) is 35.4 Å². The summed E-state index contributed by atoms with van der Waals surface area (Å²) in [6.07, 6.45) is 13.0. The molecular weight excluding hydrogens is 812 g/mol. The number of aromatic hydroxyl groups is 4. The maximum absolute atomic E-state index is 8.89. The Morgan fingerprint density at radius 1 is 0.407 bits per heavy atom. The number of aryl methyl sites for hydroxylation is 6. The zero-order valence-corrected chi connectivity index (χ0v) is 33.5. The standard InChI is InChI=1S/C12H12N2.C10H8N2.C8H12N2.2C6H5BrO2/c1(11-3-7-13-8-4-11)2-12-5-9-14-10-6-12;1-3-7-11-9(5-1)10-6-2-4-8-12-10;1-5-6(2)10-8(4)7(3)9-5;2*7-6-4(8)2-1-3-5(6)9/h3-10H,1-2H2;1-8H;1-4H3;2*1-3,8-9H. The lowest BCUT2D eigenvalue weighted by molar-refractivity contribution is 0.443. The summed E-state index contributed by atoms with van der Waals surface area (Å²) in [6, 6.07) is 28.9. The number of phenolic OH excluding ortho intramolecular Hbond substituents is 4. The lowest BCUT2D eigenvalue weighted by Crippen LogP contribution is -1.97. The Kier molecular flexibility index (Phi) is 18.2. The van der Waals surface area contributed by atoms with Gasteiger partial charge in [-0.2, -0.15) is 0 Å². The quantitative estimate of drug-likeness (QED) is 0.134. The average Bonchev–Trinajstić information content (AvgIpc) is 3.20. The van der Waals surface area contributed by atoms with Crippen molar-refractivity contribution in [2.24, 2.45) is 0 Å². The summed E-state index contributed by atoms with van der Waals surface area (Å²) in [5.41, 5.74) is 8.61. The zero-order valence-electron chi connectivity index (χ0n) is 30.3. The molecule has 0 aliphatic carbocycles. The van der Waals surface area contributed by atoms with Gasteiger partial charge in [0, 0.05) is 37.2 Å². The molecule has 0 saturated carbocycles. The molecule has 5 aromatic heterocycles. The predicted octanol–water partition coefficient (Wildman–Crippen LogP) is 9.84. The molecule has 0 amide bonds. The fourth-order valence-electron chi connectivity index (χ4n) is 4.26. The van der Waals surface area contributed by atoms with E-state index in [1.54, 1.807) is 24.5 Å². The Morgan fingerprint density at radius 2 is 0.722 bits per heavy atom. The van der Waals surface area contributed by atoms with E-state index in [0.29, 0.717) is 8.95 Å². The van der Waals surface area contributed by atoms with Crippen molar-refractivity contribution in [3.8, 4) is 34.4 Å². The predicted molar refractivity (Wildman–Crippen MR) is 219 cm³/mol. The summed E-state index contributed by atoms with van der Waals surface area (Å²) in [4.78, 5) is 25.0. The molecule has 0 radical (unpaired) electrons. The van der Waals surface area contributed by atoms with E-state index in [-0.39, 0.29) is 23.0 Å². The smallest absolute Gasteiger partial charge is 0.133 e. The molecule has 12 heteroatoms. The molecule has 0 unspecified atom stereocenters. The van der Waals surface area contributed by atoms with E-state index in [2.05, 4.69) is 86.0 Å². The molecule has 54 heavy (non-hydrogen) atoms. The van der Waals surface area contributed by atoms with E-state index >= 15 is 0 Å². The van der Waals surface area contributed by atoms with Crippen LogP contribution < -0.4 is 0 Å². The molecule has 0 atom stereocenters. The molecule has 10 nitrogen and oxygen atoms in total. The third kappa shape index (κ3) is 15.1. The van der Waals surface area contributed by atoms with Crippen molar-refractivity contribution >= 4 is 31.9 Å². The molecule has 0 spiro atoms. The Balaban J connectivity index is 0.000000184. The molecule has 2 aromatic carbocycles. The van der Waals surface area contributed by atoms with Crippen molar-refractivity contribution < 1.29 is 20.4 Å². The number of benzene rings is 2. The largest absolute Gasteiger partial charge is 0.507 e. The van der Waals surface area contributed by atoms with Crippen LogP contribution in [0.25, 0.3) is 11.4 Å². The Labute approximate surface area is 332 Å². The van der Waals surface area contributed by atoms with Crippen LogP contribution in [-0.4, -0.2) is 50.3 Å². The second kappa shape index (κ2) is 23.1. The first-order chi connectivity index (χ1) is 26.0. The van der Waals surface area contributed by atoms with Crippen LogP contribution in [0.1, 0.15) is 33.9 Å². The summed E-state index contributed by atoms with van der Waals surface area (Å²) in [7, 11) is 0. The molecule has 0 bridgehead atoms. The summed E-state index contributed by atoms with van der Waals surface area (Å²) in [5, 5.41) is 35.6. The highest BCUT2D eigenvalue weighted by molar-refractivity contribution is 9.11. The molecule has 7 rings (SSSR count). The molecule has 278 valence electrons. The van der Waals surface area contributed by atoms with Crippen molar-refractivity contribution in [2.45, 2.75) is 40.5 Å². The van der Waals surface area contributed by atoms with Gasteiger partial charge in [0.2, 0.25) is 0 Å². The van der Waals surface area contributed by atoms with Crippen molar-refractivity contribution in [2.75, 3.05) is 0 Å². The second-order valence-electron chi connectivity index (χ2n) is 11.4. The van der Waals surface area contributed by atoms with Crippen LogP contribution in [0.3, 0.4) is 0 Å². The van der Waals surface area contributed by atoms with E-state index in [1.807, 2.05) is 88.9 Å². The van der Waals surface area contributed by atoms with Crippen LogP contribution in [0.4, 0.5) is 0 Å². The Hall–Kier alpha value is -5.72. The minimum Gasteiger partial charge on any atom is -0.507 e. The van der Waals surface area contributed by atoms with Gasteiger partial charge in [-0.1, -0.05) is 24.3 Å². The molecule has 0 aliphatic rings. The van der Waals surface area contributed by atoms with Crippen molar-refractivity contribution in [3.63, 3.8) is 0 Å². The van der Waals surface area contributed by atoms with E-state index < -0.39 is 0 Å². The number of rotatable bonds is 4. The summed E-state index contributed by atoms with van der Waals surface area (Å²) in [5.74, 6) is 0.204. The molecule has 0 aliphatic heterocycles. The van der Waals surface area contributed by atoms with Crippen LogP contribution in [0.5, 0.6) is 23.0 Å². The number of halogens is 2. The highest BCUT2D eigenvalue weighted by Crippen LogP contribution is 2.32. The average molecular weight is 855 g/mol. The van der Waals surface area contributed by atoms with Crippen LogP contribution in [0, 0.1) is 27.7 Å². The molecular formula is C42H42Br2N6O4. The normalized spacial score (nSPS) is 9.74. The molecule has 0 fully saturated rings. The Bertz CT molecular complexity index is 1910. The van der Waals surface area contributed by atoms with E-state index in [4.69, 9.17) is 20.4 Å². The van der Waals surface area contributed by atoms with Crippen LogP contribution in [-0.2, 0) is 12.8 Å². The Morgan fingerprint density at radius 3 is 0.981 bits per heavy atom. The fourth-order valence-corrected chi connectivity index (χ4v) is 4.79. The third-order valence-corrected chi connectivity index (χ3v) is 9.05. The van der Waals surface area contributed by atoms with Crippen molar-refractivity contribution in [1.29, 1.82) is 0 Å².